The number of hydrogen-bond acceptors (Lipinski definition) is 3. The summed E-state index contributed by atoms with van der Waals surface area (Å²) in [4.78, 5) is 0. The van der Waals surface area contributed by atoms with Gasteiger partial charge in [-0.15, -0.1) is 0 Å². The SMILES string of the molecule is CCCc1ccccc1Nc1ccc(N)c(CC#N)c1. The maximum absolute atomic E-state index is 8.81. The van der Waals surface area contributed by atoms with E-state index in [1.807, 2.05) is 24.3 Å². The van der Waals surface area contributed by atoms with Gasteiger partial charge < -0.3 is 11.1 Å². The van der Waals surface area contributed by atoms with E-state index in [2.05, 4.69) is 36.5 Å². The fourth-order valence-electron chi connectivity index (χ4n) is 2.21. The number of nitriles is 1. The molecule has 20 heavy (non-hydrogen) atoms. The van der Waals surface area contributed by atoms with Crippen LogP contribution in [0.5, 0.6) is 0 Å². The third-order valence-corrected chi connectivity index (χ3v) is 3.23. The maximum Gasteiger partial charge on any atom is 0.0670 e. The predicted octanol–water partition coefficient (Wildman–Crippen LogP) is 4.03. The molecule has 3 heteroatoms. The highest BCUT2D eigenvalue weighted by Gasteiger charge is 2.04. The number of nitrogens with zero attached hydrogens (tertiary/aromatic N) is 1. The van der Waals surface area contributed by atoms with Gasteiger partial charge in [0.2, 0.25) is 0 Å². The lowest BCUT2D eigenvalue weighted by Crippen LogP contribution is -1.99. The van der Waals surface area contributed by atoms with E-state index < -0.39 is 0 Å². The van der Waals surface area contributed by atoms with Crippen LogP contribution < -0.4 is 11.1 Å². The molecule has 0 aliphatic heterocycles. The van der Waals surface area contributed by atoms with Crippen molar-refractivity contribution in [3.05, 3.63) is 53.6 Å². The van der Waals surface area contributed by atoms with Crippen LogP contribution in [0, 0.1) is 11.3 Å². The number of anilines is 3. The second kappa shape index (κ2) is 6.63. The van der Waals surface area contributed by atoms with Crippen LogP contribution in [-0.2, 0) is 12.8 Å². The Morgan fingerprint density at radius 1 is 1.15 bits per heavy atom. The van der Waals surface area contributed by atoms with E-state index in [-0.39, 0.29) is 0 Å². The lowest BCUT2D eigenvalue weighted by Gasteiger charge is -2.13. The summed E-state index contributed by atoms with van der Waals surface area (Å²) < 4.78 is 0. The van der Waals surface area contributed by atoms with Gasteiger partial charge in [0.15, 0.2) is 0 Å². The summed E-state index contributed by atoms with van der Waals surface area (Å²) in [5.74, 6) is 0. The largest absolute Gasteiger partial charge is 0.398 e. The lowest BCUT2D eigenvalue weighted by atomic mass is 10.1. The van der Waals surface area contributed by atoms with Crippen molar-refractivity contribution in [1.29, 1.82) is 5.26 Å². The first-order valence-corrected chi connectivity index (χ1v) is 6.85. The molecule has 102 valence electrons. The topological polar surface area (TPSA) is 61.8 Å². The molecule has 0 fully saturated rings. The Hall–Kier alpha value is -2.47. The summed E-state index contributed by atoms with van der Waals surface area (Å²) in [5.41, 5.74) is 10.8. The van der Waals surface area contributed by atoms with Crippen LogP contribution in [0.2, 0.25) is 0 Å². The van der Waals surface area contributed by atoms with Crippen molar-refractivity contribution in [2.75, 3.05) is 11.1 Å². The zero-order valence-corrected chi connectivity index (χ0v) is 11.7. The molecule has 0 bridgehead atoms. The zero-order chi connectivity index (χ0) is 14.4. The molecule has 0 aliphatic rings. The van der Waals surface area contributed by atoms with Gasteiger partial charge in [0.05, 0.1) is 12.5 Å². The Morgan fingerprint density at radius 2 is 1.95 bits per heavy atom. The number of nitrogen functional groups attached to an aromatic ring is 1. The molecule has 3 nitrogen and oxygen atoms in total. The molecule has 0 radical (unpaired) electrons. The average molecular weight is 265 g/mol. The minimum atomic E-state index is 0.331. The Bertz CT molecular complexity index is 626. The van der Waals surface area contributed by atoms with Crippen molar-refractivity contribution >= 4 is 17.1 Å². The smallest absolute Gasteiger partial charge is 0.0670 e. The molecule has 0 saturated carbocycles. The molecule has 0 saturated heterocycles. The van der Waals surface area contributed by atoms with Crippen LogP contribution in [0.1, 0.15) is 24.5 Å². The monoisotopic (exact) mass is 265 g/mol. The summed E-state index contributed by atoms with van der Waals surface area (Å²) >= 11 is 0. The molecule has 0 amide bonds. The zero-order valence-electron chi connectivity index (χ0n) is 11.7. The number of para-hydroxylation sites is 1. The molecule has 0 aliphatic carbocycles. The average Bonchev–Trinajstić information content (AvgIpc) is 2.45. The first-order valence-electron chi connectivity index (χ1n) is 6.85. The molecule has 0 spiro atoms. The van der Waals surface area contributed by atoms with Gasteiger partial charge in [-0.2, -0.15) is 5.26 Å². The van der Waals surface area contributed by atoms with E-state index >= 15 is 0 Å². The highest BCUT2D eigenvalue weighted by Crippen LogP contribution is 2.25. The van der Waals surface area contributed by atoms with Crippen molar-refractivity contribution < 1.29 is 0 Å². The van der Waals surface area contributed by atoms with Gasteiger partial charge in [0.25, 0.3) is 0 Å². The minimum Gasteiger partial charge on any atom is -0.398 e. The molecular formula is C17H19N3. The minimum absolute atomic E-state index is 0.331. The second-order valence-corrected chi connectivity index (χ2v) is 4.78. The predicted molar refractivity (Wildman–Crippen MR) is 83.9 cm³/mol. The Labute approximate surface area is 120 Å². The normalized spacial score (nSPS) is 10.0. The quantitative estimate of drug-likeness (QED) is 0.802. The van der Waals surface area contributed by atoms with Gasteiger partial charge >= 0.3 is 0 Å². The number of aryl methyl sites for hydroxylation is 1. The molecule has 2 aromatic rings. The highest BCUT2D eigenvalue weighted by atomic mass is 14.9. The Morgan fingerprint density at radius 3 is 2.70 bits per heavy atom. The van der Waals surface area contributed by atoms with Gasteiger partial charge in [0.1, 0.15) is 0 Å². The number of nitrogens with two attached hydrogens (primary N) is 1. The van der Waals surface area contributed by atoms with Crippen LogP contribution in [-0.4, -0.2) is 0 Å². The van der Waals surface area contributed by atoms with E-state index in [1.165, 1.54) is 5.56 Å². The summed E-state index contributed by atoms with van der Waals surface area (Å²) in [7, 11) is 0. The summed E-state index contributed by atoms with van der Waals surface area (Å²) in [6.45, 7) is 2.17. The lowest BCUT2D eigenvalue weighted by molar-refractivity contribution is 0.923. The summed E-state index contributed by atoms with van der Waals surface area (Å²) in [6.07, 6.45) is 2.49. The fourth-order valence-corrected chi connectivity index (χ4v) is 2.21. The number of benzene rings is 2. The van der Waals surface area contributed by atoms with Crippen LogP contribution in [0.15, 0.2) is 42.5 Å². The maximum atomic E-state index is 8.81. The van der Waals surface area contributed by atoms with Crippen LogP contribution in [0.25, 0.3) is 0 Å². The van der Waals surface area contributed by atoms with Gasteiger partial charge in [0, 0.05) is 17.1 Å². The van der Waals surface area contributed by atoms with Gasteiger partial charge in [-0.05, 0) is 41.8 Å². The molecule has 0 heterocycles. The van der Waals surface area contributed by atoms with Crippen LogP contribution >= 0.6 is 0 Å². The third-order valence-electron chi connectivity index (χ3n) is 3.23. The molecule has 0 aromatic heterocycles. The third kappa shape index (κ3) is 3.30. The van der Waals surface area contributed by atoms with Crippen molar-refractivity contribution in [1.82, 2.24) is 0 Å². The van der Waals surface area contributed by atoms with Crippen molar-refractivity contribution in [3.63, 3.8) is 0 Å². The molecule has 2 aromatic carbocycles. The molecule has 2 rings (SSSR count). The Balaban J connectivity index is 2.26. The standard InChI is InChI=1S/C17H19N3/c1-2-5-13-6-3-4-7-17(13)20-15-8-9-16(19)14(12-15)10-11-18/h3-4,6-9,12,20H,2,5,10,19H2,1H3. The number of hydrogen-bond donors (Lipinski definition) is 2. The van der Waals surface area contributed by atoms with Crippen molar-refractivity contribution in [2.45, 2.75) is 26.2 Å². The van der Waals surface area contributed by atoms with Crippen molar-refractivity contribution in [2.24, 2.45) is 0 Å². The van der Waals surface area contributed by atoms with Crippen molar-refractivity contribution in [3.8, 4) is 6.07 Å². The van der Waals surface area contributed by atoms with Gasteiger partial charge in [-0.3, -0.25) is 0 Å². The van der Waals surface area contributed by atoms with E-state index in [4.69, 9.17) is 11.0 Å². The van der Waals surface area contributed by atoms with Crippen LogP contribution in [0.3, 0.4) is 0 Å². The first kappa shape index (κ1) is 14.0. The fraction of sp³-hybridized carbons (Fsp3) is 0.235. The number of nitrogens with one attached hydrogen (secondary N) is 1. The van der Waals surface area contributed by atoms with E-state index in [0.717, 1.165) is 29.8 Å². The Kier molecular flexibility index (Phi) is 4.62. The molecule has 0 atom stereocenters. The van der Waals surface area contributed by atoms with E-state index in [9.17, 15) is 0 Å². The molecular weight excluding hydrogens is 246 g/mol. The van der Waals surface area contributed by atoms with E-state index in [1.54, 1.807) is 0 Å². The first-order chi connectivity index (χ1) is 9.74. The van der Waals surface area contributed by atoms with Crippen LogP contribution in [0.4, 0.5) is 17.1 Å². The summed E-state index contributed by atoms with van der Waals surface area (Å²) in [6, 6.07) is 16.2. The van der Waals surface area contributed by atoms with Gasteiger partial charge in [-0.25, -0.2) is 0 Å². The number of rotatable bonds is 5. The summed E-state index contributed by atoms with van der Waals surface area (Å²) in [5, 5.41) is 12.2. The highest BCUT2D eigenvalue weighted by molar-refractivity contribution is 5.67. The molecule has 0 unspecified atom stereocenters. The van der Waals surface area contributed by atoms with E-state index in [0.29, 0.717) is 12.1 Å². The molecule has 3 N–H and O–H groups in total. The van der Waals surface area contributed by atoms with Gasteiger partial charge in [-0.1, -0.05) is 31.5 Å². The second-order valence-electron chi connectivity index (χ2n) is 4.78.